The summed E-state index contributed by atoms with van der Waals surface area (Å²) >= 11 is 0. The molecule has 6 nitrogen and oxygen atoms in total. The third-order valence-electron chi connectivity index (χ3n) is 5.35. The minimum absolute atomic E-state index is 0.0482. The Morgan fingerprint density at radius 2 is 1.76 bits per heavy atom. The van der Waals surface area contributed by atoms with Crippen molar-refractivity contribution in [2.24, 2.45) is 5.92 Å². The number of anilines is 1. The van der Waals surface area contributed by atoms with Crippen molar-refractivity contribution in [3.8, 4) is 11.5 Å². The van der Waals surface area contributed by atoms with Crippen LogP contribution in [0.2, 0.25) is 0 Å². The number of hydrogen-bond acceptors (Lipinski definition) is 4. The van der Waals surface area contributed by atoms with Crippen molar-refractivity contribution in [3.05, 3.63) is 54.1 Å². The predicted molar refractivity (Wildman–Crippen MR) is 112 cm³/mol. The van der Waals surface area contributed by atoms with Gasteiger partial charge in [0.25, 0.3) is 0 Å². The highest BCUT2D eigenvalue weighted by Gasteiger charge is 2.27. The summed E-state index contributed by atoms with van der Waals surface area (Å²) in [6.07, 6.45) is 2.57. The number of methoxy groups -OCH3 is 2. The zero-order chi connectivity index (χ0) is 20.6. The van der Waals surface area contributed by atoms with E-state index in [1.165, 1.54) is 5.56 Å². The molecule has 2 amide bonds. The van der Waals surface area contributed by atoms with Crippen LogP contribution in [0.1, 0.15) is 24.8 Å². The Labute approximate surface area is 171 Å². The Bertz CT molecular complexity index is 830. The van der Waals surface area contributed by atoms with Gasteiger partial charge in [0, 0.05) is 31.5 Å². The zero-order valence-corrected chi connectivity index (χ0v) is 17.0. The fourth-order valence-corrected chi connectivity index (χ4v) is 3.59. The SMILES string of the molecule is COc1ccc(OC)c(NC(=O)C2CCN(C(=O)CCc3ccccc3)CC2)c1. The van der Waals surface area contributed by atoms with Crippen molar-refractivity contribution in [1.29, 1.82) is 0 Å². The van der Waals surface area contributed by atoms with E-state index < -0.39 is 0 Å². The lowest BCUT2D eigenvalue weighted by Crippen LogP contribution is -2.41. The van der Waals surface area contributed by atoms with Crippen LogP contribution in [0.15, 0.2) is 48.5 Å². The molecule has 0 spiro atoms. The molecule has 1 N–H and O–H groups in total. The van der Waals surface area contributed by atoms with Crippen LogP contribution >= 0.6 is 0 Å². The molecule has 1 aliphatic rings. The van der Waals surface area contributed by atoms with Crippen LogP contribution in [0, 0.1) is 5.92 Å². The molecule has 2 aromatic rings. The summed E-state index contributed by atoms with van der Waals surface area (Å²) in [6.45, 7) is 1.22. The Balaban J connectivity index is 1.50. The summed E-state index contributed by atoms with van der Waals surface area (Å²) in [5, 5.41) is 2.95. The van der Waals surface area contributed by atoms with E-state index in [9.17, 15) is 9.59 Å². The monoisotopic (exact) mass is 396 g/mol. The quantitative estimate of drug-likeness (QED) is 0.778. The summed E-state index contributed by atoms with van der Waals surface area (Å²) in [4.78, 5) is 27.1. The third-order valence-corrected chi connectivity index (χ3v) is 5.35. The van der Waals surface area contributed by atoms with Crippen LogP contribution in [-0.2, 0) is 16.0 Å². The van der Waals surface area contributed by atoms with Gasteiger partial charge in [-0.2, -0.15) is 0 Å². The lowest BCUT2D eigenvalue weighted by atomic mass is 9.95. The summed E-state index contributed by atoms with van der Waals surface area (Å²) in [6, 6.07) is 15.3. The first-order valence-electron chi connectivity index (χ1n) is 9.95. The molecule has 1 heterocycles. The molecular weight excluding hydrogens is 368 g/mol. The number of benzene rings is 2. The largest absolute Gasteiger partial charge is 0.497 e. The van der Waals surface area contributed by atoms with E-state index in [-0.39, 0.29) is 17.7 Å². The van der Waals surface area contributed by atoms with Crippen molar-refractivity contribution in [2.45, 2.75) is 25.7 Å². The van der Waals surface area contributed by atoms with Crippen molar-refractivity contribution >= 4 is 17.5 Å². The lowest BCUT2D eigenvalue weighted by molar-refractivity contribution is -0.134. The minimum atomic E-state index is -0.121. The maximum atomic E-state index is 12.7. The Kier molecular flexibility index (Phi) is 7.11. The molecule has 0 radical (unpaired) electrons. The van der Waals surface area contributed by atoms with Gasteiger partial charge in [-0.1, -0.05) is 30.3 Å². The second kappa shape index (κ2) is 9.96. The smallest absolute Gasteiger partial charge is 0.227 e. The number of aryl methyl sites for hydroxylation is 1. The molecule has 0 atom stereocenters. The Morgan fingerprint density at radius 3 is 2.41 bits per heavy atom. The molecule has 1 aliphatic heterocycles. The first kappa shape index (κ1) is 20.7. The topological polar surface area (TPSA) is 67.9 Å². The summed E-state index contributed by atoms with van der Waals surface area (Å²) in [5.74, 6) is 1.23. The van der Waals surface area contributed by atoms with E-state index in [1.807, 2.05) is 35.2 Å². The maximum absolute atomic E-state index is 12.7. The summed E-state index contributed by atoms with van der Waals surface area (Å²) in [7, 11) is 3.15. The van der Waals surface area contributed by atoms with Gasteiger partial charge in [-0.25, -0.2) is 0 Å². The van der Waals surface area contributed by atoms with Crippen LogP contribution < -0.4 is 14.8 Å². The molecule has 0 bridgehead atoms. The van der Waals surface area contributed by atoms with Gasteiger partial charge in [0.1, 0.15) is 11.5 Å². The molecule has 0 saturated carbocycles. The van der Waals surface area contributed by atoms with E-state index in [0.717, 1.165) is 6.42 Å². The highest BCUT2D eigenvalue weighted by atomic mass is 16.5. The number of nitrogens with zero attached hydrogens (tertiary/aromatic N) is 1. The number of amides is 2. The Morgan fingerprint density at radius 1 is 1.03 bits per heavy atom. The number of hydrogen-bond donors (Lipinski definition) is 1. The van der Waals surface area contributed by atoms with Crippen LogP contribution in [0.5, 0.6) is 11.5 Å². The first-order chi connectivity index (χ1) is 14.1. The van der Waals surface area contributed by atoms with Gasteiger partial charge in [-0.05, 0) is 37.0 Å². The number of nitrogens with one attached hydrogen (secondary N) is 1. The van der Waals surface area contributed by atoms with Gasteiger partial charge >= 0.3 is 0 Å². The molecule has 1 fully saturated rings. The number of likely N-dealkylation sites (tertiary alicyclic amines) is 1. The van der Waals surface area contributed by atoms with Crippen molar-refractivity contribution in [1.82, 2.24) is 4.90 Å². The van der Waals surface area contributed by atoms with E-state index >= 15 is 0 Å². The fraction of sp³-hybridized carbons (Fsp3) is 0.391. The average Bonchev–Trinajstić information content (AvgIpc) is 2.78. The fourth-order valence-electron chi connectivity index (χ4n) is 3.59. The van der Waals surface area contributed by atoms with Crippen molar-refractivity contribution < 1.29 is 19.1 Å². The second-order valence-corrected chi connectivity index (χ2v) is 7.20. The highest BCUT2D eigenvalue weighted by Crippen LogP contribution is 2.30. The maximum Gasteiger partial charge on any atom is 0.227 e. The second-order valence-electron chi connectivity index (χ2n) is 7.20. The van der Waals surface area contributed by atoms with E-state index in [0.29, 0.717) is 49.5 Å². The van der Waals surface area contributed by atoms with Crippen LogP contribution in [-0.4, -0.2) is 44.0 Å². The molecule has 0 unspecified atom stereocenters. The van der Waals surface area contributed by atoms with Gasteiger partial charge in [-0.15, -0.1) is 0 Å². The summed E-state index contributed by atoms with van der Waals surface area (Å²) in [5.41, 5.74) is 1.76. The van der Waals surface area contributed by atoms with E-state index in [2.05, 4.69) is 5.32 Å². The third kappa shape index (κ3) is 5.50. The molecule has 0 aromatic heterocycles. The number of carbonyl (C=O) groups excluding carboxylic acids is 2. The van der Waals surface area contributed by atoms with Crippen molar-refractivity contribution in [3.63, 3.8) is 0 Å². The van der Waals surface area contributed by atoms with E-state index in [4.69, 9.17) is 9.47 Å². The van der Waals surface area contributed by atoms with Gasteiger partial charge in [0.2, 0.25) is 11.8 Å². The van der Waals surface area contributed by atoms with Crippen LogP contribution in [0.4, 0.5) is 5.69 Å². The molecule has 1 saturated heterocycles. The first-order valence-corrected chi connectivity index (χ1v) is 9.95. The number of ether oxygens (including phenoxy) is 2. The van der Waals surface area contributed by atoms with Crippen molar-refractivity contribution in [2.75, 3.05) is 32.6 Å². The Hall–Kier alpha value is -3.02. The standard InChI is InChI=1S/C23H28N2O4/c1-28-19-9-10-21(29-2)20(16-19)24-23(27)18-12-14-25(15-13-18)22(26)11-8-17-6-4-3-5-7-17/h3-7,9-10,16,18H,8,11-15H2,1-2H3,(H,24,27). The summed E-state index contributed by atoms with van der Waals surface area (Å²) < 4.78 is 10.5. The molecule has 3 rings (SSSR count). The number of rotatable bonds is 7. The average molecular weight is 396 g/mol. The number of carbonyl (C=O) groups is 2. The zero-order valence-electron chi connectivity index (χ0n) is 17.0. The van der Waals surface area contributed by atoms with Gasteiger partial charge in [0.05, 0.1) is 19.9 Å². The van der Waals surface area contributed by atoms with Crippen LogP contribution in [0.25, 0.3) is 0 Å². The van der Waals surface area contributed by atoms with Gasteiger partial charge in [-0.3, -0.25) is 9.59 Å². The van der Waals surface area contributed by atoms with Gasteiger partial charge < -0.3 is 19.7 Å². The normalized spacial score (nSPS) is 14.3. The molecular formula is C23H28N2O4. The lowest BCUT2D eigenvalue weighted by Gasteiger charge is -2.31. The molecule has 2 aromatic carbocycles. The molecule has 0 aliphatic carbocycles. The van der Waals surface area contributed by atoms with Crippen LogP contribution in [0.3, 0.4) is 0 Å². The molecule has 29 heavy (non-hydrogen) atoms. The molecule has 6 heteroatoms. The molecule has 154 valence electrons. The predicted octanol–water partition coefficient (Wildman–Crippen LogP) is 3.51. The minimum Gasteiger partial charge on any atom is -0.497 e. The number of piperidine rings is 1. The van der Waals surface area contributed by atoms with Gasteiger partial charge in [0.15, 0.2) is 0 Å². The van der Waals surface area contributed by atoms with E-state index in [1.54, 1.807) is 32.4 Å². The highest BCUT2D eigenvalue weighted by molar-refractivity contribution is 5.94.